The van der Waals surface area contributed by atoms with Crippen molar-refractivity contribution in [1.29, 1.82) is 0 Å². The third-order valence-electron chi connectivity index (χ3n) is 5.30. The summed E-state index contributed by atoms with van der Waals surface area (Å²) in [6.07, 6.45) is 2.83. The molecule has 26 heavy (non-hydrogen) atoms. The molecule has 3 atom stereocenters. The number of rotatable bonds is 2. The molecule has 1 N–H and O–H groups in total. The molecule has 2 aliphatic heterocycles. The lowest BCUT2D eigenvalue weighted by molar-refractivity contribution is 0.0593. The van der Waals surface area contributed by atoms with Crippen LogP contribution in [0, 0.1) is 23.4 Å². The predicted molar refractivity (Wildman–Crippen MR) is 91.4 cm³/mol. The monoisotopic (exact) mass is 385 g/mol. The lowest BCUT2D eigenvalue weighted by atomic mass is 9.90. The van der Waals surface area contributed by atoms with Crippen LogP contribution in [0.3, 0.4) is 0 Å². The highest BCUT2D eigenvalue weighted by Crippen LogP contribution is 2.44. The smallest absolute Gasteiger partial charge is 0.223 e. The fourth-order valence-electron chi connectivity index (χ4n) is 3.91. The maximum absolute atomic E-state index is 14.5. The van der Waals surface area contributed by atoms with Crippen LogP contribution in [0.4, 0.5) is 19.1 Å². The number of fused-ring (bicyclic) bond motifs is 1. The number of hydrogen-bond donors (Lipinski definition) is 1. The summed E-state index contributed by atoms with van der Waals surface area (Å²) in [7, 11) is 0. The van der Waals surface area contributed by atoms with Gasteiger partial charge in [0.15, 0.2) is 0 Å². The number of benzene rings is 1. The molecule has 2 aliphatic rings. The third-order valence-corrected chi connectivity index (χ3v) is 5.68. The summed E-state index contributed by atoms with van der Waals surface area (Å²) in [6.45, 7) is 3.70. The number of likely N-dealkylation sites (tertiary alicyclic amines) is 1. The van der Waals surface area contributed by atoms with Crippen molar-refractivity contribution in [3.8, 4) is 0 Å². The molecule has 0 bridgehead atoms. The summed E-state index contributed by atoms with van der Waals surface area (Å²) in [5.41, 5.74) is -1.05. The van der Waals surface area contributed by atoms with Gasteiger partial charge in [0.25, 0.3) is 0 Å². The zero-order valence-electron chi connectivity index (χ0n) is 14.2. The normalized spacial score (nSPS) is 27.2. The van der Waals surface area contributed by atoms with Gasteiger partial charge in [-0.25, -0.2) is 17.9 Å². The van der Waals surface area contributed by atoms with E-state index in [1.54, 1.807) is 4.68 Å². The number of hydrogen-bond acceptors (Lipinski definition) is 4. The Hall–Kier alpha value is -1.80. The van der Waals surface area contributed by atoms with Gasteiger partial charge in [0.2, 0.25) is 5.95 Å². The van der Waals surface area contributed by atoms with Crippen LogP contribution in [-0.4, -0.2) is 38.3 Å². The summed E-state index contributed by atoms with van der Waals surface area (Å²) < 4.78 is 44.1. The van der Waals surface area contributed by atoms with Crippen LogP contribution in [0.25, 0.3) is 0 Å². The molecule has 3 unspecified atom stereocenters. The molecule has 0 amide bonds. The Balaban J connectivity index is 1.81. The number of aromatic nitrogens is 3. The minimum atomic E-state index is -0.955. The molecule has 140 valence electrons. The fourth-order valence-corrected chi connectivity index (χ4v) is 4.26. The fraction of sp³-hybridized carbons (Fsp3) is 0.529. The van der Waals surface area contributed by atoms with Gasteiger partial charge in [-0.1, -0.05) is 18.5 Å². The molecule has 4 rings (SSSR count). The summed E-state index contributed by atoms with van der Waals surface area (Å²) in [5, 5.41) is 7.18. The number of nitrogens with zero attached hydrogens (tertiary/aromatic N) is 4. The Morgan fingerprint density at radius 1 is 1.15 bits per heavy atom. The Bertz CT molecular complexity index is 782. The molecule has 1 aromatic carbocycles. The number of alkyl halides is 1. The molecule has 5 nitrogen and oxygen atoms in total. The molecule has 2 aromatic rings. The molecule has 0 aliphatic carbocycles. The summed E-state index contributed by atoms with van der Waals surface area (Å²) >= 11 is 6.48. The van der Waals surface area contributed by atoms with E-state index < -0.39 is 35.0 Å². The largest absolute Gasteiger partial charge is 0.337 e. The highest BCUT2D eigenvalue weighted by Gasteiger charge is 2.44. The minimum absolute atomic E-state index is 0.233. The number of anilines is 1. The molecule has 0 radical (unpaired) electrons. The van der Waals surface area contributed by atoms with E-state index in [-0.39, 0.29) is 5.56 Å². The highest BCUT2D eigenvalue weighted by molar-refractivity contribution is 6.22. The van der Waals surface area contributed by atoms with Crippen LogP contribution in [0.2, 0.25) is 0 Å². The molecule has 9 heteroatoms. The van der Waals surface area contributed by atoms with E-state index in [0.717, 1.165) is 25.9 Å². The Labute approximate surface area is 154 Å². The van der Waals surface area contributed by atoms with Gasteiger partial charge in [-0.15, -0.1) is 0 Å². The van der Waals surface area contributed by atoms with Crippen molar-refractivity contribution < 1.29 is 13.2 Å². The van der Waals surface area contributed by atoms with Gasteiger partial charge in [0.05, 0.1) is 5.92 Å². The zero-order chi connectivity index (χ0) is 18.4. The topological polar surface area (TPSA) is 46.0 Å². The van der Waals surface area contributed by atoms with Crippen molar-refractivity contribution in [2.75, 3.05) is 18.4 Å². The zero-order valence-corrected chi connectivity index (χ0v) is 14.9. The van der Waals surface area contributed by atoms with E-state index >= 15 is 0 Å². The van der Waals surface area contributed by atoms with Crippen LogP contribution >= 0.6 is 11.6 Å². The first-order chi connectivity index (χ1) is 12.5. The van der Waals surface area contributed by atoms with Crippen molar-refractivity contribution in [3.63, 3.8) is 0 Å². The van der Waals surface area contributed by atoms with Gasteiger partial charge < -0.3 is 5.32 Å². The SMILES string of the molecule is CC1CCN(C2C(c3c(F)cc(F)cc3F)C(Cl)Nc3ncnn32)CC1. The third kappa shape index (κ3) is 2.95. The Morgan fingerprint density at radius 3 is 2.46 bits per heavy atom. The van der Waals surface area contributed by atoms with Crippen molar-refractivity contribution in [2.45, 2.75) is 37.4 Å². The van der Waals surface area contributed by atoms with Crippen LogP contribution in [0.1, 0.15) is 37.4 Å². The van der Waals surface area contributed by atoms with Crippen LogP contribution in [0.5, 0.6) is 0 Å². The molecule has 3 heterocycles. The second-order valence-electron chi connectivity index (χ2n) is 7.02. The average molecular weight is 386 g/mol. The first-order valence-corrected chi connectivity index (χ1v) is 9.08. The Morgan fingerprint density at radius 2 is 1.81 bits per heavy atom. The predicted octanol–water partition coefficient (Wildman–Crippen LogP) is 3.70. The molecule has 0 saturated carbocycles. The van der Waals surface area contributed by atoms with E-state index in [1.165, 1.54) is 6.33 Å². The standard InChI is InChI=1S/C17H19ClF3N5/c1-9-2-4-25(5-3-9)16-14(13-11(20)6-10(19)7-12(13)21)15(18)24-17-22-8-23-26(16)17/h6-9,14-16H,2-5H2,1H3,(H,22,23,24). The van der Waals surface area contributed by atoms with Crippen LogP contribution in [-0.2, 0) is 0 Å². The molecular formula is C17H19ClF3N5. The molecule has 0 spiro atoms. The molecule has 1 aromatic heterocycles. The van der Waals surface area contributed by atoms with Gasteiger partial charge >= 0.3 is 0 Å². The van der Waals surface area contributed by atoms with Crippen molar-refractivity contribution in [1.82, 2.24) is 19.7 Å². The maximum Gasteiger partial charge on any atom is 0.223 e. The van der Waals surface area contributed by atoms with Gasteiger partial charge in [0.1, 0.15) is 35.4 Å². The molecular weight excluding hydrogens is 367 g/mol. The summed E-state index contributed by atoms with van der Waals surface area (Å²) in [4.78, 5) is 6.26. The minimum Gasteiger partial charge on any atom is -0.337 e. The van der Waals surface area contributed by atoms with Crippen molar-refractivity contribution in [3.05, 3.63) is 41.5 Å². The Kier molecular flexibility index (Phi) is 4.56. The number of halogens is 4. The van der Waals surface area contributed by atoms with E-state index in [1.807, 2.05) is 0 Å². The van der Waals surface area contributed by atoms with Crippen LogP contribution in [0.15, 0.2) is 18.5 Å². The number of piperidine rings is 1. The van der Waals surface area contributed by atoms with E-state index in [9.17, 15) is 13.2 Å². The summed E-state index contributed by atoms with van der Waals surface area (Å²) in [6, 6.07) is 1.38. The van der Waals surface area contributed by atoms with Crippen molar-refractivity contribution >= 4 is 17.5 Å². The quantitative estimate of drug-likeness (QED) is 0.632. The first kappa shape index (κ1) is 17.6. The summed E-state index contributed by atoms with van der Waals surface area (Å²) in [5.74, 6) is -2.60. The lowest BCUT2D eigenvalue weighted by Gasteiger charge is -2.44. The number of nitrogens with one attached hydrogen (secondary N) is 1. The molecule has 1 saturated heterocycles. The van der Waals surface area contributed by atoms with E-state index in [2.05, 4.69) is 27.2 Å². The van der Waals surface area contributed by atoms with E-state index in [4.69, 9.17) is 11.6 Å². The lowest BCUT2D eigenvalue weighted by Crippen LogP contribution is -2.48. The van der Waals surface area contributed by atoms with Crippen LogP contribution < -0.4 is 5.32 Å². The van der Waals surface area contributed by atoms with Gasteiger partial charge in [-0.3, -0.25) is 4.90 Å². The molecule has 1 fully saturated rings. The van der Waals surface area contributed by atoms with Gasteiger partial charge in [-0.2, -0.15) is 10.1 Å². The second-order valence-corrected chi connectivity index (χ2v) is 7.49. The maximum atomic E-state index is 14.5. The van der Waals surface area contributed by atoms with Gasteiger partial charge in [0, 0.05) is 30.8 Å². The van der Waals surface area contributed by atoms with Gasteiger partial charge in [-0.05, 0) is 18.8 Å². The average Bonchev–Trinajstić information content (AvgIpc) is 3.03. The van der Waals surface area contributed by atoms with Crippen molar-refractivity contribution in [2.24, 2.45) is 5.92 Å². The first-order valence-electron chi connectivity index (χ1n) is 8.64. The highest BCUT2D eigenvalue weighted by atomic mass is 35.5. The second kappa shape index (κ2) is 6.74. The van der Waals surface area contributed by atoms with E-state index in [0.29, 0.717) is 24.0 Å².